The number of rotatable bonds is 9. The first-order valence-corrected chi connectivity index (χ1v) is 11.7. The van der Waals surface area contributed by atoms with Gasteiger partial charge < -0.3 is 14.3 Å². The standard InChI is InChI=1S/C26H37N2O2/c1-4-6-7-8-14-28-15-12-20(19(5-2)18-28)16-25(28)26(29)22-11-13-27-24-10-9-21(30-3)17-23(22)24/h5,9-11,13,17,19-20,25-26,29H,2,4,6-8,12,14-16,18H2,1,3H3/q+1/t19?,20?,25-,26+,28?/m1/s1. The van der Waals surface area contributed by atoms with Crippen LogP contribution in [0.25, 0.3) is 10.9 Å². The zero-order chi connectivity index (χ0) is 21.1. The lowest BCUT2D eigenvalue weighted by Crippen LogP contribution is -2.68. The van der Waals surface area contributed by atoms with E-state index in [1.54, 1.807) is 7.11 Å². The number of aliphatic hydroxyl groups is 1. The molecule has 0 spiro atoms. The third kappa shape index (κ3) is 3.88. The molecule has 4 heterocycles. The Bertz CT molecular complexity index is 882. The minimum absolute atomic E-state index is 0.248. The van der Waals surface area contributed by atoms with E-state index in [9.17, 15) is 5.11 Å². The van der Waals surface area contributed by atoms with Crippen molar-refractivity contribution in [3.05, 3.63) is 48.7 Å². The van der Waals surface area contributed by atoms with E-state index in [2.05, 4.69) is 24.6 Å². The predicted octanol–water partition coefficient (Wildman–Crippen LogP) is 5.27. The second kappa shape index (κ2) is 9.07. The molecule has 162 valence electrons. The van der Waals surface area contributed by atoms with E-state index in [-0.39, 0.29) is 6.04 Å². The number of hydrogen-bond acceptors (Lipinski definition) is 3. The zero-order valence-electron chi connectivity index (χ0n) is 18.6. The Hall–Kier alpha value is -1.91. The van der Waals surface area contributed by atoms with Gasteiger partial charge in [-0.15, -0.1) is 6.58 Å². The van der Waals surface area contributed by atoms with E-state index in [4.69, 9.17) is 4.74 Å². The van der Waals surface area contributed by atoms with Crippen LogP contribution in [0.5, 0.6) is 5.75 Å². The summed E-state index contributed by atoms with van der Waals surface area (Å²) in [7, 11) is 1.69. The monoisotopic (exact) mass is 409 g/mol. The molecule has 3 fully saturated rings. The molecule has 3 unspecified atom stereocenters. The van der Waals surface area contributed by atoms with Crippen molar-refractivity contribution >= 4 is 10.9 Å². The number of fused-ring (bicyclic) bond motifs is 4. The molecule has 1 N–H and O–H groups in total. The van der Waals surface area contributed by atoms with Crippen LogP contribution in [-0.2, 0) is 0 Å². The second-order valence-corrected chi connectivity index (χ2v) is 9.39. The van der Waals surface area contributed by atoms with Gasteiger partial charge >= 0.3 is 0 Å². The number of ether oxygens (including phenoxy) is 1. The van der Waals surface area contributed by atoms with E-state index in [1.165, 1.54) is 45.2 Å². The highest BCUT2D eigenvalue weighted by Gasteiger charge is 2.53. The Morgan fingerprint density at radius 2 is 2.17 bits per heavy atom. The number of piperidine rings is 3. The Labute approximate surface area is 181 Å². The van der Waals surface area contributed by atoms with Crippen LogP contribution in [-0.4, -0.2) is 47.4 Å². The van der Waals surface area contributed by atoms with Crippen LogP contribution < -0.4 is 4.74 Å². The molecule has 2 bridgehead atoms. The summed E-state index contributed by atoms with van der Waals surface area (Å²) in [5, 5.41) is 12.8. The molecule has 0 radical (unpaired) electrons. The van der Waals surface area contributed by atoms with Crippen LogP contribution in [0, 0.1) is 11.8 Å². The maximum atomic E-state index is 11.7. The molecule has 2 aromatic rings. The topological polar surface area (TPSA) is 42.4 Å². The number of methoxy groups -OCH3 is 1. The van der Waals surface area contributed by atoms with Gasteiger partial charge in [0, 0.05) is 30.3 Å². The molecule has 3 saturated heterocycles. The fraction of sp³-hybridized carbons (Fsp3) is 0.577. The van der Waals surface area contributed by atoms with Crippen molar-refractivity contribution in [3.8, 4) is 5.75 Å². The lowest BCUT2D eigenvalue weighted by atomic mass is 9.71. The summed E-state index contributed by atoms with van der Waals surface area (Å²) in [6.45, 7) is 9.90. The fourth-order valence-corrected chi connectivity index (χ4v) is 6.08. The van der Waals surface area contributed by atoms with Gasteiger partial charge in [0.15, 0.2) is 0 Å². The molecule has 3 aliphatic rings. The quantitative estimate of drug-likeness (QED) is 0.349. The highest BCUT2D eigenvalue weighted by Crippen LogP contribution is 2.47. The summed E-state index contributed by atoms with van der Waals surface area (Å²) in [5.74, 6) is 2.05. The number of nitrogens with zero attached hydrogens (tertiary/aromatic N) is 2. The molecule has 4 nitrogen and oxygen atoms in total. The SMILES string of the molecule is C=CC1C[N+]2(CCCCCC)CCC1C[C@@H]2[C@@H](O)c1ccnc2ccc(OC)cc12. The van der Waals surface area contributed by atoms with Gasteiger partial charge in [-0.3, -0.25) is 4.98 Å². The Morgan fingerprint density at radius 3 is 2.93 bits per heavy atom. The van der Waals surface area contributed by atoms with E-state index in [0.717, 1.165) is 39.7 Å². The normalized spacial score (nSPS) is 29.1. The Kier molecular flexibility index (Phi) is 6.45. The van der Waals surface area contributed by atoms with Crippen LogP contribution in [0.1, 0.15) is 57.1 Å². The van der Waals surface area contributed by atoms with E-state index < -0.39 is 6.10 Å². The average molecular weight is 410 g/mol. The zero-order valence-corrected chi connectivity index (χ0v) is 18.6. The molecule has 1 aromatic carbocycles. The third-order valence-corrected chi connectivity index (χ3v) is 7.80. The minimum Gasteiger partial charge on any atom is -0.497 e. The molecule has 0 saturated carbocycles. The van der Waals surface area contributed by atoms with Crippen molar-refractivity contribution in [3.63, 3.8) is 0 Å². The van der Waals surface area contributed by atoms with Crippen molar-refractivity contribution < 1.29 is 14.3 Å². The molecule has 4 heteroatoms. The second-order valence-electron chi connectivity index (χ2n) is 9.39. The summed E-state index contributed by atoms with van der Waals surface area (Å²) in [5.41, 5.74) is 1.92. The lowest BCUT2D eigenvalue weighted by molar-refractivity contribution is -0.973. The van der Waals surface area contributed by atoms with Crippen molar-refractivity contribution in [1.29, 1.82) is 0 Å². The maximum absolute atomic E-state index is 11.7. The molecular formula is C26H37N2O2+. The molecule has 1 aromatic heterocycles. The number of aliphatic hydroxyl groups excluding tert-OH is 1. The van der Waals surface area contributed by atoms with Gasteiger partial charge in [0.25, 0.3) is 0 Å². The molecule has 30 heavy (non-hydrogen) atoms. The van der Waals surface area contributed by atoms with Crippen LogP contribution in [0.4, 0.5) is 0 Å². The van der Waals surface area contributed by atoms with Gasteiger partial charge in [-0.2, -0.15) is 0 Å². The summed E-state index contributed by atoms with van der Waals surface area (Å²) < 4.78 is 6.50. The molecule has 3 aliphatic heterocycles. The number of benzene rings is 1. The summed E-state index contributed by atoms with van der Waals surface area (Å²) in [6, 6.07) is 8.21. The van der Waals surface area contributed by atoms with Gasteiger partial charge in [-0.05, 0) is 48.6 Å². The smallest absolute Gasteiger partial charge is 0.131 e. The average Bonchev–Trinajstić information content (AvgIpc) is 2.80. The lowest BCUT2D eigenvalue weighted by Gasteiger charge is -2.58. The number of aromatic nitrogens is 1. The first-order chi connectivity index (χ1) is 14.6. The molecule has 0 aliphatic carbocycles. The first-order valence-electron chi connectivity index (χ1n) is 11.7. The van der Waals surface area contributed by atoms with Gasteiger partial charge in [0.2, 0.25) is 0 Å². The molecule has 5 rings (SSSR count). The molecule has 5 atom stereocenters. The van der Waals surface area contributed by atoms with Gasteiger partial charge in [-0.25, -0.2) is 0 Å². The maximum Gasteiger partial charge on any atom is 0.131 e. The van der Waals surface area contributed by atoms with Crippen LogP contribution in [0.3, 0.4) is 0 Å². The van der Waals surface area contributed by atoms with Crippen molar-refractivity contribution in [2.45, 2.75) is 57.6 Å². The van der Waals surface area contributed by atoms with Crippen molar-refractivity contribution in [1.82, 2.24) is 4.98 Å². The third-order valence-electron chi connectivity index (χ3n) is 7.80. The number of quaternary nitrogens is 1. The van der Waals surface area contributed by atoms with Crippen LogP contribution >= 0.6 is 0 Å². The van der Waals surface area contributed by atoms with E-state index in [1.807, 2.05) is 30.5 Å². The summed E-state index contributed by atoms with van der Waals surface area (Å²) >= 11 is 0. The number of unbranched alkanes of at least 4 members (excludes halogenated alkanes) is 3. The Balaban J connectivity index is 1.67. The van der Waals surface area contributed by atoms with Crippen LogP contribution in [0.15, 0.2) is 43.1 Å². The predicted molar refractivity (Wildman–Crippen MR) is 122 cm³/mol. The summed E-state index contributed by atoms with van der Waals surface area (Å²) in [4.78, 5) is 4.52. The minimum atomic E-state index is -0.484. The highest BCUT2D eigenvalue weighted by molar-refractivity contribution is 5.83. The van der Waals surface area contributed by atoms with Gasteiger partial charge in [-0.1, -0.05) is 25.8 Å². The van der Waals surface area contributed by atoms with Crippen LogP contribution in [0.2, 0.25) is 0 Å². The molecule has 0 amide bonds. The fourth-order valence-electron chi connectivity index (χ4n) is 6.08. The summed E-state index contributed by atoms with van der Waals surface area (Å²) in [6.07, 6.45) is 11.0. The van der Waals surface area contributed by atoms with E-state index in [0.29, 0.717) is 11.8 Å². The van der Waals surface area contributed by atoms with E-state index >= 15 is 0 Å². The van der Waals surface area contributed by atoms with Crippen molar-refractivity contribution in [2.75, 3.05) is 26.7 Å². The number of pyridine rings is 1. The highest BCUT2D eigenvalue weighted by atomic mass is 16.5. The van der Waals surface area contributed by atoms with Gasteiger partial charge in [0.1, 0.15) is 17.9 Å². The number of hydrogen-bond donors (Lipinski definition) is 1. The van der Waals surface area contributed by atoms with Gasteiger partial charge in [0.05, 0.1) is 32.3 Å². The Morgan fingerprint density at radius 1 is 1.30 bits per heavy atom. The largest absolute Gasteiger partial charge is 0.497 e. The van der Waals surface area contributed by atoms with Crippen molar-refractivity contribution in [2.24, 2.45) is 11.8 Å². The first kappa shape index (κ1) is 21.3. The molecular weight excluding hydrogens is 372 g/mol.